The Balaban J connectivity index is 1.51. The molecule has 3 rings (SSSR count). The van der Waals surface area contributed by atoms with Gasteiger partial charge in [-0.1, -0.05) is 12.1 Å². The van der Waals surface area contributed by atoms with Crippen LogP contribution in [0.4, 0.5) is 5.69 Å². The molecule has 23 heavy (non-hydrogen) atoms. The fraction of sp³-hybridized carbons (Fsp3) is 0.333. The molecule has 1 atom stereocenters. The SMILES string of the molecule is O=C(Nc1ccc(CN[C@H]2CCCSC2)cc1)c1cccnc1. The first-order valence-corrected chi connectivity index (χ1v) is 9.08. The van der Waals surface area contributed by atoms with E-state index in [1.54, 1.807) is 24.5 Å². The van der Waals surface area contributed by atoms with E-state index in [1.807, 2.05) is 23.9 Å². The molecule has 0 bridgehead atoms. The fourth-order valence-corrected chi connectivity index (χ4v) is 3.68. The minimum Gasteiger partial charge on any atom is -0.322 e. The third kappa shape index (κ3) is 4.81. The Morgan fingerprint density at radius 2 is 2.13 bits per heavy atom. The Morgan fingerprint density at radius 3 is 2.83 bits per heavy atom. The Hall–Kier alpha value is -1.85. The van der Waals surface area contributed by atoms with Gasteiger partial charge in [0.25, 0.3) is 5.91 Å². The fourth-order valence-electron chi connectivity index (χ4n) is 2.57. The summed E-state index contributed by atoms with van der Waals surface area (Å²) >= 11 is 2.03. The summed E-state index contributed by atoms with van der Waals surface area (Å²) in [5.74, 6) is 2.37. The van der Waals surface area contributed by atoms with E-state index in [2.05, 4.69) is 27.8 Å². The number of carbonyl (C=O) groups excluding carboxylic acids is 1. The number of amides is 1. The van der Waals surface area contributed by atoms with Crippen molar-refractivity contribution in [3.8, 4) is 0 Å². The van der Waals surface area contributed by atoms with Crippen molar-refractivity contribution < 1.29 is 4.79 Å². The van der Waals surface area contributed by atoms with Gasteiger partial charge < -0.3 is 10.6 Å². The van der Waals surface area contributed by atoms with E-state index in [1.165, 1.54) is 29.9 Å². The molecule has 5 heteroatoms. The molecule has 0 spiro atoms. The molecule has 0 unspecified atom stereocenters. The first-order chi connectivity index (χ1) is 11.3. The Labute approximate surface area is 141 Å². The molecular weight excluding hydrogens is 306 g/mol. The van der Waals surface area contributed by atoms with Crippen LogP contribution in [0.2, 0.25) is 0 Å². The van der Waals surface area contributed by atoms with Gasteiger partial charge in [-0.25, -0.2) is 0 Å². The molecule has 4 nitrogen and oxygen atoms in total. The second kappa shape index (κ2) is 8.13. The highest BCUT2D eigenvalue weighted by Crippen LogP contribution is 2.17. The lowest BCUT2D eigenvalue weighted by molar-refractivity contribution is 0.102. The molecular formula is C18H21N3OS. The van der Waals surface area contributed by atoms with Gasteiger partial charge in [-0.05, 0) is 48.4 Å². The van der Waals surface area contributed by atoms with Gasteiger partial charge in [0.1, 0.15) is 0 Å². The number of aromatic nitrogens is 1. The monoisotopic (exact) mass is 327 g/mol. The third-order valence-corrected chi connectivity index (χ3v) is 5.11. The molecule has 1 aliphatic heterocycles. The van der Waals surface area contributed by atoms with Crippen LogP contribution in [0.1, 0.15) is 28.8 Å². The largest absolute Gasteiger partial charge is 0.322 e. The lowest BCUT2D eigenvalue weighted by Crippen LogP contribution is -2.33. The standard InChI is InChI=1S/C18H21N3OS/c22-18(15-3-1-9-19-12-15)21-16-7-5-14(6-8-16)11-20-17-4-2-10-23-13-17/h1,3,5-9,12,17,20H,2,4,10-11,13H2,(H,21,22)/t17-/m0/s1. The zero-order chi connectivity index (χ0) is 15.9. The average Bonchev–Trinajstić information content (AvgIpc) is 2.63. The highest BCUT2D eigenvalue weighted by molar-refractivity contribution is 7.99. The van der Waals surface area contributed by atoms with Gasteiger partial charge >= 0.3 is 0 Å². The minimum atomic E-state index is -0.136. The average molecular weight is 327 g/mol. The van der Waals surface area contributed by atoms with E-state index in [0.29, 0.717) is 11.6 Å². The zero-order valence-electron chi connectivity index (χ0n) is 13.0. The second-order valence-electron chi connectivity index (χ2n) is 5.69. The second-order valence-corrected chi connectivity index (χ2v) is 6.84. The predicted octanol–water partition coefficient (Wildman–Crippen LogP) is 3.32. The van der Waals surface area contributed by atoms with Crippen LogP contribution in [0.5, 0.6) is 0 Å². The molecule has 1 fully saturated rings. The number of rotatable bonds is 5. The van der Waals surface area contributed by atoms with Crippen molar-refractivity contribution in [1.29, 1.82) is 0 Å². The summed E-state index contributed by atoms with van der Waals surface area (Å²) in [5, 5.41) is 6.50. The Morgan fingerprint density at radius 1 is 1.26 bits per heavy atom. The van der Waals surface area contributed by atoms with E-state index < -0.39 is 0 Å². The molecule has 1 amide bonds. The van der Waals surface area contributed by atoms with Gasteiger partial charge in [-0.15, -0.1) is 0 Å². The van der Waals surface area contributed by atoms with Crippen molar-refractivity contribution in [3.63, 3.8) is 0 Å². The van der Waals surface area contributed by atoms with Crippen LogP contribution in [0, 0.1) is 0 Å². The molecule has 0 aliphatic carbocycles. The van der Waals surface area contributed by atoms with E-state index in [-0.39, 0.29) is 5.91 Å². The van der Waals surface area contributed by atoms with Crippen LogP contribution in [0.15, 0.2) is 48.8 Å². The van der Waals surface area contributed by atoms with Crippen molar-refractivity contribution in [2.75, 3.05) is 16.8 Å². The van der Waals surface area contributed by atoms with Gasteiger partial charge in [-0.3, -0.25) is 9.78 Å². The van der Waals surface area contributed by atoms with Crippen molar-refractivity contribution in [1.82, 2.24) is 10.3 Å². The summed E-state index contributed by atoms with van der Waals surface area (Å²) in [6.45, 7) is 0.877. The lowest BCUT2D eigenvalue weighted by atomic mass is 10.1. The van der Waals surface area contributed by atoms with E-state index in [0.717, 1.165) is 12.2 Å². The topological polar surface area (TPSA) is 54.0 Å². The molecule has 0 saturated carbocycles. The summed E-state index contributed by atoms with van der Waals surface area (Å²) in [7, 11) is 0. The third-order valence-electron chi connectivity index (χ3n) is 3.89. The smallest absolute Gasteiger partial charge is 0.257 e. The maximum atomic E-state index is 12.1. The van der Waals surface area contributed by atoms with Crippen LogP contribution in [-0.4, -0.2) is 28.4 Å². The quantitative estimate of drug-likeness (QED) is 0.884. The molecule has 1 aromatic heterocycles. The predicted molar refractivity (Wildman–Crippen MR) is 95.8 cm³/mol. The highest BCUT2D eigenvalue weighted by Gasteiger charge is 2.12. The molecule has 2 N–H and O–H groups in total. The molecule has 2 heterocycles. The van der Waals surface area contributed by atoms with Gasteiger partial charge in [0.05, 0.1) is 5.56 Å². The minimum absolute atomic E-state index is 0.136. The van der Waals surface area contributed by atoms with Crippen molar-refractivity contribution in [2.24, 2.45) is 0 Å². The number of anilines is 1. The van der Waals surface area contributed by atoms with Gasteiger partial charge in [0.15, 0.2) is 0 Å². The highest BCUT2D eigenvalue weighted by atomic mass is 32.2. The van der Waals surface area contributed by atoms with E-state index in [9.17, 15) is 4.79 Å². The lowest BCUT2D eigenvalue weighted by Gasteiger charge is -2.22. The first-order valence-electron chi connectivity index (χ1n) is 7.93. The molecule has 1 aliphatic rings. The summed E-state index contributed by atoms with van der Waals surface area (Å²) in [6.07, 6.45) is 5.80. The van der Waals surface area contributed by atoms with E-state index >= 15 is 0 Å². The molecule has 0 radical (unpaired) electrons. The number of benzene rings is 1. The number of hydrogen-bond donors (Lipinski definition) is 2. The molecule has 1 saturated heterocycles. The van der Waals surface area contributed by atoms with Crippen molar-refractivity contribution in [2.45, 2.75) is 25.4 Å². The number of pyridine rings is 1. The van der Waals surface area contributed by atoms with E-state index in [4.69, 9.17) is 0 Å². The van der Waals surface area contributed by atoms with Crippen molar-refractivity contribution in [3.05, 3.63) is 59.9 Å². The summed E-state index contributed by atoms with van der Waals surface area (Å²) in [5.41, 5.74) is 2.60. The first kappa shape index (κ1) is 16.0. The van der Waals surface area contributed by atoms with Crippen LogP contribution < -0.4 is 10.6 Å². The summed E-state index contributed by atoms with van der Waals surface area (Å²) < 4.78 is 0. The molecule has 2 aromatic rings. The number of thioether (sulfide) groups is 1. The number of hydrogen-bond acceptors (Lipinski definition) is 4. The number of carbonyl (C=O) groups is 1. The van der Waals surface area contributed by atoms with Crippen molar-refractivity contribution >= 4 is 23.4 Å². The summed E-state index contributed by atoms with van der Waals surface area (Å²) in [4.78, 5) is 16.0. The van der Waals surface area contributed by atoms with Gasteiger partial charge in [0, 0.05) is 36.4 Å². The number of nitrogens with zero attached hydrogens (tertiary/aromatic N) is 1. The van der Waals surface area contributed by atoms with Gasteiger partial charge in [-0.2, -0.15) is 11.8 Å². The maximum Gasteiger partial charge on any atom is 0.257 e. The summed E-state index contributed by atoms with van der Waals surface area (Å²) in [6, 6.07) is 12.1. The number of nitrogens with one attached hydrogen (secondary N) is 2. The normalized spacial score (nSPS) is 17.7. The van der Waals surface area contributed by atoms with Crippen LogP contribution in [-0.2, 0) is 6.54 Å². The molecule has 120 valence electrons. The molecule has 1 aromatic carbocycles. The zero-order valence-corrected chi connectivity index (χ0v) is 13.8. The van der Waals surface area contributed by atoms with Crippen LogP contribution in [0.25, 0.3) is 0 Å². The van der Waals surface area contributed by atoms with Gasteiger partial charge in [0.2, 0.25) is 0 Å². The van der Waals surface area contributed by atoms with Crippen LogP contribution >= 0.6 is 11.8 Å². The Kier molecular flexibility index (Phi) is 5.66. The Bertz CT molecular complexity index is 624. The van der Waals surface area contributed by atoms with Crippen LogP contribution in [0.3, 0.4) is 0 Å². The maximum absolute atomic E-state index is 12.1.